The number of aromatic amines is 1. The molecule has 0 saturated carbocycles. The van der Waals surface area contributed by atoms with Gasteiger partial charge in [0.05, 0.1) is 20.7 Å². The lowest BCUT2D eigenvalue weighted by atomic mass is 10.4. The highest BCUT2D eigenvalue weighted by Crippen LogP contribution is 2.22. The van der Waals surface area contributed by atoms with Gasteiger partial charge in [0.1, 0.15) is 0 Å². The van der Waals surface area contributed by atoms with Crippen molar-refractivity contribution in [2.45, 2.75) is 0 Å². The number of carbonyl (C=O) groups excluding carboxylic acids is 1. The summed E-state index contributed by atoms with van der Waals surface area (Å²) < 4.78 is 1.28. The number of rotatable bonds is 1. The fourth-order valence-corrected chi connectivity index (χ4v) is 1.17. The highest BCUT2D eigenvalue weighted by molar-refractivity contribution is 9.13. The summed E-state index contributed by atoms with van der Waals surface area (Å²) in [4.78, 5) is 12.7. The molecule has 1 rings (SSSR count). The van der Waals surface area contributed by atoms with Crippen LogP contribution in [-0.4, -0.2) is 11.0 Å². The maximum atomic E-state index is 10.2. The first-order valence-corrected chi connectivity index (χ1v) is 3.95. The Morgan fingerprint density at radius 3 is 2.40 bits per heavy atom. The molecule has 1 aromatic heterocycles. The second kappa shape index (κ2) is 2.75. The molecule has 54 valence electrons. The third-order valence-corrected chi connectivity index (χ3v) is 2.73. The zero-order valence-corrected chi connectivity index (χ0v) is 7.82. The van der Waals surface area contributed by atoms with Crippen LogP contribution in [0.4, 0.5) is 0 Å². The number of nitrogens with one attached hydrogen (secondary N) is 1. The second-order valence-electron chi connectivity index (χ2n) is 1.63. The van der Waals surface area contributed by atoms with Crippen molar-refractivity contribution in [3.63, 3.8) is 0 Å². The van der Waals surface area contributed by atoms with E-state index in [4.69, 9.17) is 0 Å². The van der Waals surface area contributed by atoms with Crippen LogP contribution in [0.25, 0.3) is 0 Å². The van der Waals surface area contributed by atoms with Gasteiger partial charge in [0.25, 0.3) is 0 Å². The van der Waals surface area contributed by atoms with Crippen molar-refractivity contribution in [3.8, 4) is 0 Å². The summed E-state index contributed by atoms with van der Waals surface area (Å²) in [5.74, 6) is -1.22. The largest absolute Gasteiger partial charge is 0.543 e. The van der Waals surface area contributed by atoms with Crippen molar-refractivity contribution < 1.29 is 9.90 Å². The number of hydrogen-bond donors (Lipinski definition) is 1. The summed E-state index contributed by atoms with van der Waals surface area (Å²) in [5, 5.41) is 10.2. The van der Waals surface area contributed by atoms with Crippen molar-refractivity contribution in [2.24, 2.45) is 0 Å². The molecular formula is C5H2Br2NO2-. The quantitative estimate of drug-likeness (QED) is 0.822. The molecule has 0 amide bonds. The zero-order valence-electron chi connectivity index (χ0n) is 4.65. The molecule has 0 fully saturated rings. The van der Waals surface area contributed by atoms with E-state index in [2.05, 4.69) is 36.8 Å². The van der Waals surface area contributed by atoms with Crippen molar-refractivity contribution >= 4 is 37.8 Å². The van der Waals surface area contributed by atoms with Crippen LogP contribution in [-0.2, 0) is 0 Å². The lowest BCUT2D eigenvalue weighted by molar-refractivity contribution is -0.255. The molecule has 10 heavy (non-hydrogen) atoms. The van der Waals surface area contributed by atoms with Crippen LogP contribution < -0.4 is 5.11 Å². The predicted octanol–water partition coefficient (Wildman–Crippen LogP) is 0.903. The van der Waals surface area contributed by atoms with E-state index in [1.54, 1.807) is 0 Å². The molecule has 0 bridgehead atoms. The van der Waals surface area contributed by atoms with E-state index in [-0.39, 0.29) is 5.69 Å². The lowest BCUT2D eigenvalue weighted by Gasteiger charge is -1.93. The summed E-state index contributed by atoms with van der Waals surface area (Å²) >= 11 is 6.21. The fraction of sp³-hybridized carbons (Fsp3) is 0. The molecule has 1 N–H and O–H groups in total. The monoisotopic (exact) mass is 266 g/mol. The van der Waals surface area contributed by atoms with E-state index in [0.29, 0.717) is 9.08 Å². The Labute approximate surface area is 73.7 Å². The maximum absolute atomic E-state index is 10.2. The van der Waals surface area contributed by atoms with Crippen LogP contribution in [0, 0.1) is 0 Å². The maximum Gasteiger partial charge on any atom is 0.0969 e. The zero-order chi connectivity index (χ0) is 7.72. The third-order valence-electron chi connectivity index (χ3n) is 0.945. The second-order valence-corrected chi connectivity index (χ2v) is 3.28. The number of aromatic carboxylic acids is 1. The molecule has 5 heteroatoms. The molecule has 0 radical (unpaired) electrons. The van der Waals surface area contributed by atoms with Crippen molar-refractivity contribution in [1.82, 2.24) is 4.98 Å². The topological polar surface area (TPSA) is 55.9 Å². The highest BCUT2D eigenvalue weighted by Gasteiger charge is 2.01. The Bertz CT molecular complexity index is 249. The van der Waals surface area contributed by atoms with Crippen molar-refractivity contribution in [3.05, 3.63) is 20.8 Å². The molecule has 0 aliphatic heterocycles. The minimum atomic E-state index is -1.22. The van der Waals surface area contributed by atoms with Gasteiger partial charge in [-0.15, -0.1) is 0 Å². The van der Waals surface area contributed by atoms with Crippen molar-refractivity contribution in [1.29, 1.82) is 0 Å². The highest BCUT2D eigenvalue weighted by atomic mass is 79.9. The Hall–Kier alpha value is -0.290. The Balaban J connectivity index is 3.10. The third kappa shape index (κ3) is 1.41. The number of carbonyl (C=O) groups is 1. The first-order chi connectivity index (χ1) is 4.61. The van der Waals surface area contributed by atoms with E-state index in [0.717, 1.165) is 0 Å². The molecule has 0 aromatic carbocycles. The standard InChI is InChI=1S/C5H3Br2NO2/c6-2-1-3(5(9)10)8-4(2)7/h1,8H,(H,9,10)/p-1. The van der Waals surface area contributed by atoms with Crippen LogP contribution in [0.1, 0.15) is 10.5 Å². The number of aromatic nitrogens is 1. The Morgan fingerprint density at radius 2 is 2.20 bits per heavy atom. The van der Waals surface area contributed by atoms with E-state index in [1.807, 2.05) is 0 Å². The van der Waals surface area contributed by atoms with Crippen LogP contribution >= 0.6 is 31.9 Å². The summed E-state index contributed by atoms with van der Waals surface area (Å²) in [5.41, 5.74) is 0.0544. The summed E-state index contributed by atoms with van der Waals surface area (Å²) in [6, 6.07) is 1.43. The van der Waals surface area contributed by atoms with Crippen LogP contribution in [0.5, 0.6) is 0 Å². The van der Waals surface area contributed by atoms with Gasteiger partial charge in [0.2, 0.25) is 0 Å². The molecule has 0 aliphatic carbocycles. The summed E-state index contributed by atoms with van der Waals surface area (Å²) in [6.07, 6.45) is 0. The van der Waals surface area contributed by atoms with Gasteiger partial charge >= 0.3 is 0 Å². The number of hydrogen-bond acceptors (Lipinski definition) is 2. The lowest BCUT2D eigenvalue weighted by Crippen LogP contribution is -2.22. The first-order valence-electron chi connectivity index (χ1n) is 2.36. The average Bonchev–Trinajstić information content (AvgIpc) is 2.13. The van der Waals surface area contributed by atoms with Gasteiger partial charge in [-0.3, -0.25) is 0 Å². The van der Waals surface area contributed by atoms with Gasteiger partial charge in [-0.25, -0.2) is 0 Å². The van der Waals surface area contributed by atoms with Gasteiger partial charge < -0.3 is 14.9 Å². The molecular weight excluding hydrogens is 266 g/mol. The summed E-state index contributed by atoms with van der Waals surface area (Å²) in [7, 11) is 0. The van der Waals surface area contributed by atoms with Crippen LogP contribution in [0.2, 0.25) is 0 Å². The molecule has 3 nitrogen and oxygen atoms in total. The van der Waals surface area contributed by atoms with E-state index >= 15 is 0 Å². The number of halogens is 2. The fourth-order valence-electron chi connectivity index (χ4n) is 0.514. The molecule has 0 aliphatic rings. The smallest absolute Gasteiger partial charge is 0.0969 e. The molecule has 1 aromatic rings. The van der Waals surface area contributed by atoms with Crippen LogP contribution in [0.3, 0.4) is 0 Å². The van der Waals surface area contributed by atoms with E-state index < -0.39 is 5.97 Å². The molecule has 0 spiro atoms. The SMILES string of the molecule is O=C([O-])c1cc(Br)c(Br)[nH]1. The predicted molar refractivity (Wildman–Crippen MR) is 40.5 cm³/mol. The minimum absolute atomic E-state index is 0.0544. The van der Waals surface area contributed by atoms with Gasteiger partial charge in [-0.1, -0.05) is 0 Å². The average molecular weight is 268 g/mol. The number of H-pyrrole nitrogens is 1. The molecule has 1 heterocycles. The normalized spacial score (nSPS) is 9.80. The van der Waals surface area contributed by atoms with Gasteiger partial charge in [0.15, 0.2) is 0 Å². The van der Waals surface area contributed by atoms with Gasteiger partial charge in [-0.2, -0.15) is 0 Å². The number of carboxylic acid groups (broad SMARTS) is 1. The van der Waals surface area contributed by atoms with Gasteiger partial charge in [-0.05, 0) is 37.9 Å². The molecule has 0 atom stereocenters. The van der Waals surface area contributed by atoms with Gasteiger partial charge in [0, 0.05) is 0 Å². The summed E-state index contributed by atoms with van der Waals surface area (Å²) in [6.45, 7) is 0. The Kier molecular flexibility index (Phi) is 2.15. The first kappa shape index (κ1) is 7.81. The molecule has 0 saturated heterocycles. The van der Waals surface area contributed by atoms with E-state index in [1.165, 1.54) is 6.07 Å². The molecule has 0 unspecified atom stereocenters. The van der Waals surface area contributed by atoms with Crippen molar-refractivity contribution in [2.75, 3.05) is 0 Å². The Morgan fingerprint density at radius 1 is 1.60 bits per heavy atom. The van der Waals surface area contributed by atoms with E-state index in [9.17, 15) is 9.90 Å². The minimum Gasteiger partial charge on any atom is -0.543 e. The number of carboxylic acids is 1. The van der Waals surface area contributed by atoms with Crippen LogP contribution in [0.15, 0.2) is 15.1 Å².